The zero-order valence-corrected chi connectivity index (χ0v) is 19.2. The van der Waals surface area contributed by atoms with Gasteiger partial charge in [0.15, 0.2) is 23.0 Å². The Labute approximate surface area is 202 Å². The lowest BCUT2D eigenvalue weighted by Gasteiger charge is -2.19. The maximum Gasteiger partial charge on any atom is 0.336 e. The first kappa shape index (κ1) is 23.5. The fraction of sp³-hybridized carbons (Fsp3) is 0.107. The van der Waals surface area contributed by atoms with E-state index < -0.39 is 5.97 Å². The summed E-state index contributed by atoms with van der Waals surface area (Å²) in [5.74, 6) is -0.830. The lowest BCUT2D eigenvalue weighted by atomic mass is 9.94. The molecule has 0 amide bonds. The highest BCUT2D eigenvalue weighted by Gasteiger charge is 2.24. The van der Waals surface area contributed by atoms with Gasteiger partial charge in [-0.2, -0.15) is 0 Å². The van der Waals surface area contributed by atoms with Gasteiger partial charge in [0.25, 0.3) is 0 Å². The summed E-state index contributed by atoms with van der Waals surface area (Å²) < 4.78 is 16.8. The Balaban J connectivity index is 1.77. The molecule has 4 rings (SSSR count). The van der Waals surface area contributed by atoms with Crippen molar-refractivity contribution >= 4 is 5.97 Å². The largest absolute Gasteiger partial charge is 0.504 e. The molecular weight excluding hydrogens is 448 g/mol. The van der Waals surface area contributed by atoms with Gasteiger partial charge in [0, 0.05) is 11.1 Å². The van der Waals surface area contributed by atoms with E-state index in [2.05, 4.69) is 0 Å². The van der Waals surface area contributed by atoms with Crippen molar-refractivity contribution < 1.29 is 34.3 Å². The Morgan fingerprint density at radius 2 is 1.51 bits per heavy atom. The molecule has 0 aliphatic heterocycles. The molecule has 0 unspecified atom stereocenters. The first-order chi connectivity index (χ1) is 16.9. The fourth-order valence-corrected chi connectivity index (χ4v) is 3.91. The van der Waals surface area contributed by atoms with E-state index in [-0.39, 0.29) is 46.5 Å². The van der Waals surface area contributed by atoms with Crippen LogP contribution in [0.3, 0.4) is 0 Å². The minimum Gasteiger partial charge on any atom is -0.504 e. The molecule has 0 aliphatic rings. The number of aromatic carboxylic acids is 1. The fourth-order valence-electron chi connectivity index (χ4n) is 3.91. The summed E-state index contributed by atoms with van der Waals surface area (Å²) in [6, 6.07) is 22.3. The summed E-state index contributed by atoms with van der Waals surface area (Å²) >= 11 is 0. The first-order valence-electron chi connectivity index (χ1n) is 10.7. The highest BCUT2D eigenvalue weighted by molar-refractivity contribution is 5.99. The number of hydrogen-bond acceptors (Lipinski definition) is 6. The Bertz CT molecular complexity index is 1360. The number of carbonyl (C=O) groups is 1. The zero-order chi connectivity index (χ0) is 24.9. The number of benzene rings is 4. The van der Waals surface area contributed by atoms with Crippen LogP contribution in [0.1, 0.15) is 15.9 Å². The van der Waals surface area contributed by atoms with Crippen LogP contribution in [0.4, 0.5) is 0 Å². The van der Waals surface area contributed by atoms with Crippen molar-refractivity contribution in [1.29, 1.82) is 0 Å². The van der Waals surface area contributed by atoms with Gasteiger partial charge in [-0.1, -0.05) is 54.6 Å². The van der Waals surface area contributed by atoms with Crippen LogP contribution in [0.25, 0.3) is 22.3 Å². The zero-order valence-electron chi connectivity index (χ0n) is 19.2. The Morgan fingerprint density at radius 1 is 0.800 bits per heavy atom. The number of aromatic hydroxyl groups is 2. The molecule has 0 heterocycles. The standard InChI is InChI=1S/C28H24O7/c1-33-24-15-21(19-10-6-7-11-20(19)28(31)32)27(34-2)26(30)25(24)18-12-13-23(22(29)14-18)35-16-17-8-4-3-5-9-17/h3-15,29-30H,16H2,1-2H3,(H,31,32). The molecule has 0 radical (unpaired) electrons. The average molecular weight is 472 g/mol. The Hall–Kier alpha value is -4.65. The molecule has 0 spiro atoms. The second kappa shape index (κ2) is 10.1. The van der Waals surface area contributed by atoms with Gasteiger partial charge >= 0.3 is 5.97 Å². The van der Waals surface area contributed by atoms with Gasteiger partial charge in [0.1, 0.15) is 12.4 Å². The molecule has 3 N–H and O–H groups in total. The normalized spacial score (nSPS) is 10.6. The number of carboxylic acids is 1. The topological polar surface area (TPSA) is 105 Å². The second-order valence-corrected chi connectivity index (χ2v) is 7.69. The Morgan fingerprint density at radius 3 is 2.17 bits per heavy atom. The van der Waals surface area contributed by atoms with Crippen molar-refractivity contribution in [1.82, 2.24) is 0 Å². The van der Waals surface area contributed by atoms with Crippen molar-refractivity contribution in [3.05, 3.63) is 90.0 Å². The first-order valence-corrected chi connectivity index (χ1v) is 10.7. The molecule has 0 aliphatic carbocycles. The summed E-state index contributed by atoms with van der Waals surface area (Å²) in [5.41, 5.74) is 2.47. The van der Waals surface area contributed by atoms with Crippen molar-refractivity contribution in [2.75, 3.05) is 14.2 Å². The van der Waals surface area contributed by atoms with Gasteiger partial charge in [0.2, 0.25) is 0 Å². The SMILES string of the molecule is COc1cc(-c2ccccc2C(=O)O)c(OC)c(O)c1-c1ccc(OCc2ccccc2)c(O)c1. The predicted molar refractivity (Wildman–Crippen MR) is 131 cm³/mol. The van der Waals surface area contributed by atoms with Crippen molar-refractivity contribution in [2.45, 2.75) is 6.61 Å². The molecule has 0 aromatic heterocycles. The van der Waals surface area contributed by atoms with E-state index in [1.165, 1.54) is 26.4 Å². The molecule has 178 valence electrons. The third kappa shape index (κ3) is 4.70. The van der Waals surface area contributed by atoms with Crippen LogP contribution >= 0.6 is 0 Å². The minimum absolute atomic E-state index is 0.0533. The summed E-state index contributed by atoms with van der Waals surface area (Å²) in [7, 11) is 2.82. The molecule has 4 aromatic rings. The molecule has 4 aromatic carbocycles. The van der Waals surface area contributed by atoms with Gasteiger partial charge in [-0.05, 0) is 35.4 Å². The molecule has 0 fully saturated rings. The lowest BCUT2D eigenvalue weighted by Crippen LogP contribution is -2.01. The van der Waals surface area contributed by atoms with E-state index in [1.54, 1.807) is 36.4 Å². The quantitative estimate of drug-likeness (QED) is 0.301. The number of rotatable bonds is 8. The smallest absolute Gasteiger partial charge is 0.336 e. The highest BCUT2D eigenvalue weighted by Crippen LogP contribution is 2.50. The summed E-state index contributed by atoms with van der Waals surface area (Å²) in [6.45, 7) is 0.286. The Kier molecular flexibility index (Phi) is 6.78. The summed E-state index contributed by atoms with van der Waals surface area (Å²) in [4.78, 5) is 11.8. The molecule has 0 saturated carbocycles. The van der Waals surface area contributed by atoms with Crippen LogP contribution in [0, 0.1) is 0 Å². The highest BCUT2D eigenvalue weighted by atomic mass is 16.5. The van der Waals surface area contributed by atoms with E-state index in [4.69, 9.17) is 14.2 Å². The number of phenols is 2. The van der Waals surface area contributed by atoms with Gasteiger partial charge in [0.05, 0.1) is 25.3 Å². The van der Waals surface area contributed by atoms with E-state index in [0.29, 0.717) is 16.7 Å². The molecule has 7 heteroatoms. The van der Waals surface area contributed by atoms with Gasteiger partial charge < -0.3 is 29.5 Å². The number of phenolic OH excluding ortho intramolecular Hbond substituents is 2. The van der Waals surface area contributed by atoms with Crippen LogP contribution in [-0.2, 0) is 6.61 Å². The lowest BCUT2D eigenvalue weighted by molar-refractivity contribution is 0.0697. The number of hydrogen-bond donors (Lipinski definition) is 3. The van der Waals surface area contributed by atoms with Crippen LogP contribution in [0.2, 0.25) is 0 Å². The van der Waals surface area contributed by atoms with E-state index in [0.717, 1.165) is 5.56 Å². The van der Waals surface area contributed by atoms with Gasteiger partial charge in [-0.25, -0.2) is 4.79 Å². The number of methoxy groups -OCH3 is 2. The maximum absolute atomic E-state index is 11.8. The van der Waals surface area contributed by atoms with Crippen LogP contribution < -0.4 is 14.2 Å². The minimum atomic E-state index is -1.11. The maximum atomic E-state index is 11.8. The van der Waals surface area contributed by atoms with E-state index in [1.807, 2.05) is 30.3 Å². The third-order valence-corrected chi connectivity index (χ3v) is 5.57. The molecular formula is C28H24O7. The molecule has 0 saturated heterocycles. The van der Waals surface area contributed by atoms with Crippen LogP contribution in [0.5, 0.6) is 28.7 Å². The third-order valence-electron chi connectivity index (χ3n) is 5.57. The predicted octanol–water partition coefficient (Wildman–Crippen LogP) is 5.73. The monoisotopic (exact) mass is 472 g/mol. The van der Waals surface area contributed by atoms with Gasteiger partial charge in [-0.15, -0.1) is 0 Å². The van der Waals surface area contributed by atoms with E-state index in [9.17, 15) is 20.1 Å². The number of carboxylic acid groups (broad SMARTS) is 1. The van der Waals surface area contributed by atoms with E-state index >= 15 is 0 Å². The molecule has 35 heavy (non-hydrogen) atoms. The van der Waals surface area contributed by atoms with Crippen LogP contribution in [0.15, 0.2) is 78.9 Å². The van der Waals surface area contributed by atoms with Crippen molar-refractivity contribution in [2.24, 2.45) is 0 Å². The second-order valence-electron chi connectivity index (χ2n) is 7.69. The number of ether oxygens (including phenoxy) is 3. The van der Waals surface area contributed by atoms with Crippen molar-refractivity contribution in [3.8, 4) is 51.0 Å². The summed E-state index contributed by atoms with van der Waals surface area (Å²) in [5, 5.41) is 31.4. The molecule has 7 nitrogen and oxygen atoms in total. The molecule has 0 atom stereocenters. The molecule has 0 bridgehead atoms. The average Bonchev–Trinajstić information content (AvgIpc) is 2.88. The summed E-state index contributed by atoms with van der Waals surface area (Å²) in [6.07, 6.45) is 0. The van der Waals surface area contributed by atoms with Crippen LogP contribution in [-0.4, -0.2) is 35.5 Å². The van der Waals surface area contributed by atoms with Crippen molar-refractivity contribution in [3.63, 3.8) is 0 Å². The van der Waals surface area contributed by atoms with Gasteiger partial charge in [-0.3, -0.25) is 0 Å².